The molecule has 0 aromatic heterocycles. The van der Waals surface area contributed by atoms with Crippen LogP contribution in [0, 0.1) is 6.92 Å². The minimum absolute atomic E-state index is 1.07. The summed E-state index contributed by atoms with van der Waals surface area (Å²) >= 11 is 0. The highest BCUT2D eigenvalue weighted by atomic mass is 15.1. The number of hydrogen-bond acceptors (Lipinski definition) is 1. The number of hydrogen-bond donors (Lipinski definition) is 0. The van der Waals surface area contributed by atoms with E-state index in [0.29, 0.717) is 0 Å². The molecular formula is C39H80N. The summed E-state index contributed by atoms with van der Waals surface area (Å²) in [7, 11) is 0. The standard InChI is InChI=1S/C39H80N/c1-4-7-9-11-13-15-17-19-21-23-25-27-29-31-33-35-38-40(37-6-3)39-36-34-32-30-28-26-24-22-20-18-16-14-12-10-8-5-2/h3-39H2,1-2H3. The van der Waals surface area contributed by atoms with Crippen LogP contribution in [-0.2, 0) is 0 Å². The van der Waals surface area contributed by atoms with E-state index in [9.17, 15) is 0 Å². The summed E-state index contributed by atoms with van der Waals surface area (Å²) < 4.78 is 0. The van der Waals surface area contributed by atoms with E-state index in [1.54, 1.807) is 0 Å². The molecule has 0 aliphatic heterocycles. The Bertz CT molecular complexity index is 383. The van der Waals surface area contributed by atoms with Gasteiger partial charge in [-0.2, -0.15) is 0 Å². The van der Waals surface area contributed by atoms with Crippen molar-refractivity contribution >= 4 is 0 Å². The molecule has 241 valence electrons. The van der Waals surface area contributed by atoms with Crippen LogP contribution in [-0.4, -0.2) is 24.5 Å². The van der Waals surface area contributed by atoms with Gasteiger partial charge in [-0.05, 0) is 38.9 Å². The lowest BCUT2D eigenvalue weighted by molar-refractivity contribution is 0.264. The van der Waals surface area contributed by atoms with Gasteiger partial charge in [0.1, 0.15) is 0 Å². The molecule has 0 N–H and O–H groups in total. The van der Waals surface area contributed by atoms with Gasteiger partial charge >= 0.3 is 0 Å². The van der Waals surface area contributed by atoms with E-state index in [1.165, 1.54) is 225 Å². The Labute approximate surface area is 256 Å². The summed E-state index contributed by atoms with van der Waals surface area (Å²) in [5, 5.41) is 0. The zero-order valence-electron chi connectivity index (χ0n) is 28.6. The van der Waals surface area contributed by atoms with Crippen molar-refractivity contribution < 1.29 is 0 Å². The Balaban J connectivity index is 3.35. The summed E-state index contributed by atoms with van der Waals surface area (Å²) in [4.78, 5) is 2.71. The van der Waals surface area contributed by atoms with Crippen molar-refractivity contribution in [3.8, 4) is 0 Å². The lowest BCUT2D eigenvalue weighted by atomic mass is 10.0. The number of nitrogens with zero attached hydrogens (tertiary/aromatic N) is 1. The third-order valence-corrected chi connectivity index (χ3v) is 9.13. The summed E-state index contributed by atoms with van der Waals surface area (Å²) in [6.07, 6.45) is 47.7. The molecule has 0 heterocycles. The smallest absolute Gasteiger partial charge is 0.00187 e. The van der Waals surface area contributed by atoms with Gasteiger partial charge in [0.2, 0.25) is 0 Å². The predicted molar refractivity (Wildman–Crippen MR) is 186 cm³/mol. The molecule has 0 aromatic carbocycles. The van der Waals surface area contributed by atoms with Crippen molar-refractivity contribution in [1.29, 1.82) is 0 Å². The molecule has 0 aliphatic carbocycles. The summed E-state index contributed by atoms with van der Waals surface area (Å²) in [5.74, 6) is 0. The molecule has 0 unspecified atom stereocenters. The Kier molecular flexibility index (Phi) is 36.9. The second-order valence-electron chi connectivity index (χ2n) is 13.3. The van der Waals surface area contributed by atoms with Gasteiger partial charge in [0.25, 0.3) is 0 Å². The predicted octanol–water partition coefficient (Wildman–Crippen LogP) is 14.0. The molecule has 0 atom stereocenters. The normalized spacial score (nSPS) is 11.7. The van der Waals surface area contributed by atoms with Crippen LogP contribution in [0.1, 0.15) is 226 Å². The number of rotatable bonds is 36. The molecule has 1 radical (unpaired) electrons. The second kappa shape index (κ2) is 37.0. The van der Waals surface area contributed by atoms with Gasteiger partial charge in [-0.3, -0.25) is 0 Å². The minimum atomic E-state index is 1.07. The second-order valence-corrected chi connectivity index (χ2v) is 13.3. The molecule has 1 nitrogen and oxygen atoms in total. The van der Waals surface area contributed by atoms with Crippen LogP contribution in [0.3, 0.4) is 0 Å². The van der Waals surface area contributed by atoms with E-state index in [-0.39, 0.29) is 0 Å². The zero-order valence-corrected chi connectivity index (χ0v) is 28.6. The van der Waals surface area contributed by atoms with Gasteiger partial charge < -0.3 is 4.90 Å². The third-order valence-electron chi connectivity index (χ3n) is 9.13. The Hall–Kier alpha value is -0.0400. The molecular weight excluding hydrogens is 482 g/mol. The zero-order chi connectivity index (χ0) is 29.0. The summed E-state index contributed by atoms with van der Waals surface area (Å²) in [6.45, 7) is 12.6. The molecule has 0 saturated carbocycles. The monoisotopic (exact) mass is 563 g/mol. The minimum Gasteiger partial charge on any atom is -0.303 e. The highest BCUT2D eigenvalue weighted by Crippen LogP contribution is 2.16. The summed E-state index contributed by atoms with van der Waals surface area (Å²) in [6, 6.07) is 0. The van der Waals surface area contributed by atoms with Crippen molar-refractivity contribution in [2.24, 2.45) is 0 Å². The Morgan fingerprint density at radius 2 is 0.475 bits per heavy atom. The molecule has 1 heteroatoms. The highest BCUT2D eigenvalue weighted by Gasteiger charge is 2.04. The molecule has 0 spiro atoms. The molecule has 0 aliphatic rings. The lowest BCUT2D eigenvalue weighted by Crippen LogP contribution is -2.27. The molecule has 0 bridgehead atoms. The van der Waals surface area contributed by atoms with Crippen LogP contribution in [0.2, 0.25) is 0 Å². The van der Waals surface area contributed by atoms with Crippen LogP contribution >= 0.6 is 0 Å². The first-order chi connectivity index (χ1) is 19.8. The van der Waals surface area contributed by atoms with Crippen molar-refractivity contribution in [3.05, 3.63) is 6.92 Å². The van der Waals surface area contributed by atoms with Crippen molar-refractivity contribution in [2.45, 2.75) is 226 Å². The molecule has 40 heavy (non-hydrogen) atoms. The van der Waals surface area contributed by atoms with Gasteiger partial charge in [0.05, 0.1) is 0 Å². The average molecular weight is 563 g/mol. The van der Waals surface area contributed by atoms with Crippen molar-refractivity contribution in [1.82, 2.24) is 4.90 Å². The number of unbranched alkanes of at least 4 members (excludes halogenated alkanes) is 30. The SMILES string of the molecule is [CH2]CCN(CCCCCCCCCCCCCCCCCC)CCCCCCCCCCCCCCCCCC. The quantitative estimate of drug-likeness (QED) is 0.0686. The fourth-order valence-corrected chi connectivity index (χ4v) is 6.33. The maximum Gasteiger partial charge on any atom is -0.00187 e. The van der Waals surface area contributed by atoms with Crippen LogP contribution in [0.4, 0.5) is 0 Å². The molecule has 0 rings (SSSR count). The van der Waals surface area contributed by atoms with Gasteiger partial charge in [-0.1, -0.05) is 213 Å². The molecule has 0 amide bonds. The first-order valence-corrected chi connectivity index (χ1v) is 19.4. The van der Waals surface area contributed by atoms with Crippen LogP contribution in [0.15, 0.2) is 0 Å². The van der Waals surface area contributed by atoms with Gasteiger partial charge in [0.15, 0.2) is 0 Å². The van der Waals surface area contributed by atoms with Gasteiger partial charge in [0, 0.05) is 0 Å². The topological polar surface area (TPSA) is 3.24 Å². The summed E-state index contributed by atoms with van der Waals surface area (Å²) in [5.41, 5.74) is 0. The van der Waals surface area contributed by atoms with Gasteiger partial charge in [-0.25, -0.2) is 0 Å². The van der Waals surface area contributed by atoms with Crippen molar-refractivity contribution in [2.75, 3.05) is 19.6 Å². The van der Waals surface area contributed by atoms with E-state index in [0.717, 1.165) is 6.42 Å². The maximum atomic E-state index is 4.13. The fourth-order valence-electron chi connectivity index (χ4n) is 6.33. The highest BCUT2D eigenvalue weighted by molar-refractivity contribution is 4.61. The van der Waals surface area contributed by atoms with Crippen LogP contribution in [0.25, 0.3) is 0 Å². The first kappa shape index (κ1) is 40.0. The third kappa shape index (κ3) is 34.2. The Morgan fingerprint density at radius 3 is 0.675 bits per heavy atom. The molecule has 0 fully saturated rings. The van der Waals surface area contributed by atoms with E-state index >= 15 is 0 Å². The maximum absolute atomic E-state index is 4.13. The van der Waals surface area contributed by atoms with E-state index < -0.39 is 0 Å². The lowest BCUT2D eigenvalue weighted by Gasteiger charge is -2.21. The van der Waals surface area contributed by atoms with E-state index in [1.807, 2.05) is 0 Å². The average Bonchev–Trinajstić information content (AvgIpc) is 2.96. The van der Waals surface area contributed by atoms with Gasteiger partial charge in [-0.15, -0.1) is 0 Å². The first-order valence-electron chi connectivity index (χ1n) is 19.4. The van der Waals surface area contributed by atoms with Crippen molar-refractivity contribution in [3.63, 3.8) is 0 Å². The molecule has 0 saturated heterocycles. The van der Waals surface area contributed by atoms with E-state index in [2.05, 4.69) is 25.7 Å². The molecule has 0 aromatic rings. The Morgan fingerprint density at radius 1 is 0.275 bits per heavy atom. The van der Waals surface area contributed by atoms with E-state index in [4.69, 9.17) is 0 Å². The van der Waals surface area contributed by atoms with Crippen LogP contribution < -0.4 is 0 Å². The largest absolute Gasteiger partial charge is 0.303 e. The van der Waals surface area contributed by atoms with Crippen LogP contribution in [0.5, 0.6) is 0 Å². The fraction of sp³-hybridized carbons (Fsp3) is 0.974.